The highest BCUT2D eigenvalue weighted by atomic mass is 32.1. The maximum atomic E-state index is 10.6. The van der Waals surface area contributed by atoms with Gasteiger partial charge in [-0.3, -0.25) is 0 Å². The molecule has 0 aliphatic carbocycles. The fourth-order valence-electron chi connectivity index (χ4n) is 1.11. The van der Waals surface area contributed by atoms with E-state index in [1.807, 2.05) is 0 Å². The van der Waals surface area contributed by atoms with E-state index in [4.69, 9.17) is 4.42 Å². The normalized spacial score (nSPS) is 10.4. The number of nitrogens with zero attached hydrogens (tertiary/aromatic N) is 2. The number of aryl methyl sites for hydroxylation is 1. The molecular weight excluding hydrogens is 204 g/mol. The molecule has 0 radical (unpaired) electrons. The number of thiazole rings is 1. The molecule has 0 unspecified atom stereocenters. The van der Waals surface area contributed by atoms with E-state index in [-0.39, 0.29) is 5.82 Å². The molecule has 0 N–H and O–H groups in total. The Kier molecular flexibility index (Phi) is 2.05. The first-order chi connectivity index (χ1) is 6.68. The highest BCUT2D eigenvalue weighted by Crippen LogP contribution is 2.34. The van der Waals surface area contributed by atoms with E-state index in [0.717, 1.165) is 0 Å². The number of hydrogen-bond donors (Lipinski definition) is 0. The van der Waals surface area contributed by atoms with Crippen molar-refractivity contribution in [2.75, 3.05) is 0 Å². The van der Waals surface area contributed by atoms with Crippen LogP contribution in [0.4, 0.5) is 5.82 Å². The molecule has 0 fully saturated rings. The van der Waals surface area contributed by atoms with E-state index in [1.165, 1.54) is 17.6 Å². The largest absolute Gasteiger partial charge is 0.463 e. The molecule has 2 aromatic rings. The number of aromatic nitrogens is 1. The van der Waals surface area contributed by atoms with Crippen molar-refractivity contribution in [3.8, 4) is 10.6 Å². The lowest BCUT2D eigenvalue weighted by Crippen LogP contribution is -1.89. The van der Waals surface area contributed by atoms with E-state index < -0.39 is 4.92 Å². The zero-order chi connectivity index (χ0) is 10.1. The van der Waals surface area contributed by atoms with Crippen LogP contribution in [0.1, 0.15) is 5.01 Å². The summed E-state index contributed by atoms with van der Waals surface area (Å²) in [5, 5.41) is 11.3. The first kappa shape index (κ1) is 8.89. The van der Waals surface area contributed by atoms with Crippen molar-refractivity contribution < 1.29 is 9.34 Å². The minimum Gasteiger partial charge on any atom is -0.463 e. The minimum atomic E-state index is -0.499. The van der Waals surface area contributed by atoms with Gasteiger partial charge in [0.15, 0.2) is 10.6 Å². The van der Waals surface area contributed by atoms with Gasteiger partial charge >= 0.3 is 5.82 Å². The Morgan fingerprint density at radius 3 is 3.00 bits per heavy atom. The zero-order valence-electron chi connectivity index (χ0n) is 7.26. The van der Waals surface area contributed by atoms with Crippen LogP contribution in [-0.2, 0) is 0 Å². The van der Waals surface area contributed by atoms with Crippen LogP contribution in [-0.4, -0.2) is 9.91 Å². The third-order valence-electron chi connectivity index (χ3n) is 1.63. The fourth-order valence-corrected chi connectivity index (χ4v) is 1.96. The summed E-state index contributed by atoms with van der Waals surface area (Å²) in [6.07, 6.45) is 1.48. The molecule has 0 atom stereocenters. The summed E-state index contributed by atoms with van der Waals surface area (Å²) < 4.78 is 5.09. The monoisotopic (exact) mass is 210 g/mol. The molecule has 2 heterocycles. The average molecular weight is 210 g/mol. The summed E-state index contributed by atoms with van der Waals surface area (Å²) in [6, 6.07) is 3.37. The number of nitro groups is 1. The van der Waals surface area contributed by atoms with Crippen molar-refractivity contribution in [1.82, 2.24) is 4.98 Å². The average Bonchev–Trinajstić information content (AvgIpc) is 2.70. The van der Waals surface area contributed by atoms with Crippen molar-refractivity contribution in [3.63, 3.8) is 0 Å². The van der Waals surface area contributed by atoms with Crippen molar-refractivity contribution in [2.24, 2.45) is 0 Å². The van der Waals surface area contributed by atoms with Crippen LogP contribution < -0.4 is 0 Å². The number of hydrogen-bond acceptors (Lipinski definition) is 5. The molecule has 2 aromatic heterocycles. The molecule has 5 nitrogen and oxygen atoms in total. The van der Waals surface area contributed by atoms with Crippen LogP contribution in [0.2, 0.25) is 0 Å². The second-order valence-corrected chi connectivity index (χ2v) is 3.82. The zero-order valence-corrected chi connectivity index (χ0v) is 8.08. The molecule has 6 heteroatoms. The second kappa shape index (κ2) is 3.22. The van der Waals surface area contributed by atoms with Crippen molar-refractivity contribution in [3.05, 3.63) is 33.5 Å². The molecule has 0 aliphatic heterocycles. The number of rotatable bonds is 2. The van der Waals surface area contributed by atoms with Gasteiger partial charge in [0.2, 0.25) is 5.01 Å². The summed E-state index contributed by atoms with van der Waals surface area (Å²) >= 11 is 1.25. The molecule has 72 valence electrons. The van der Waals surface area contributed by atoms with Crippen molar-refractivity contribution >= 4 is 17.2 Å². The molecule has 0 saturated carbocycles. The lowest BCUT2D eigenvalue weighted by atomic mass is 10.4. The van der Waals surface area contributed by atoms with Gasteiger partial charge in [-0.15, -0.1) is 0 Å². The van der Waals surface area contributed by atoms with Crippen LogP contribution in [0.5, 0.6) is 0 Å². The van der Waals surface area contributed by atoms with Gasteiger partial charge in [0, 0.05) is 6.92 Å². The summed E-state index contributed by atoms with van der Waals surface area (Å²) in [6.45, 7) is 1.73. The van der Waals surface area contributed by atoms with E-state index in [9.17, 15) is 10.1 Å². The van der Waals surface area contributed by atoms with Gasteiger partial charge in [0.1, 0.15) is 0 Å². The van der Waals surface area contributed by atoms with Crippen LogP contribution in [0.25, 0.3) is 10.6 Å². The van der Waals surface area contributed by atoms with Crippen LogP contribution in [0, 0.1) is 17.0 Å². The minimum absolute atomic E-state index is 0.137. The van der Waals surface area contributed by atoms with Gasteiger partial charge in [-0.2, -0.15) is 0 Å². The van der Waals surface area contributed by atoms with Gasteiger partial charge in [0.05, 0.1) is 6.26 Å². The van der Waals surface area contributed by atoms with Gasteiger partial charge in [0.25, 0.3) is 0 Å². The Hall–Kier alpha value is -1.69. The van der Waals surface area contributed by atoms with E-state index in [2.05, 4.69) is 4.98 Å². The number of furan rings is 1. The molecule has 2 rings (SSSR count). The first-order valence-corrected chi connectivity index (χ1v) is 4.66. The first-order valence-electron chi connectivity index (χ1n) is 3.84. The van der Waals surface area contributed by atoms with Crippen molar-refractivity contribution in [2.45, 2.75) is 6.92 Å². The molecule has 14 heavy (non-hydrogen) atoms. The van der Waals surface area contributed by atoms with Gasteiger partial charge < -0.3 is 14.5 Å². The lowest BCUT2D eigenvalue weighted by Gasteiger charge is -1.90. The quantitative estimate of drug-likeness (QED) is 0.564. The standard InChI is InChI=1S/C8H6N2O3S/c1-5-9-8(10(11)12)7(14-5)6-3-2-4-13-6/h2-4H,1H3. The Morgan fingerprint density at radius 1 is 1.64 bits per heavy atom. The van der Waals surface area contributed by atoms with Gasteiger partial charge in [-0.1, -0.05) is 11.3 Å². The predicted octanol–water partition coefficient (Wildman–Crippen LogP) is 2.62. The van der Waals surface area contributed by atoms with Crippen LogP contribution >= 0.6 is 11.3 Å². The summed E-state index contributed by atoms with van der Waals surface area (Å²) in [4.78, 5) is 14.4. The molecule has 0 bridgehead atoms. The maximum Gasteiger partial charge on any atom is 0.385 e. The van der Waals surface area contributed by atoms with Crippen LogP contribution in [0.15, 0.2) is 22.8 Å². The highest BCUT2D eigenvalue weighted by Gasteiger charge is 2.23. The Morgan fingerprint density at radius 2 is 2.43 bits per heavy atom. The maximum absolute atomic E-state index is 10.6. The summed E-state index contributed by atoms with van der Waals surface area (Å²) in [7, 11) is 0. The fraction of sp³-hybridized carbons (Fsp3) is 0.125. The van der Waals surface area contributed by atoms with Gasteiger partial charge in [-0.25, -0.2) is 0 Å². The smallest absolute Gasteiger partial charge is 0.385 e. The van der Waals surface area contributed by atoms with E-state index >= 15 is 0 Å². The lowest BCUT2D eigenvalue weighted by molar-refractivity contribution is -0.388. The molecule has 0 spiro atoms. The van der Waals surface area contributed by atoms with E-state index in [1.54, 1.807) is 19.1 Å². The molecule has 0 aliphatic rings. The van der Waals surface area contributed by atoms with Crippen LogP contribution in [0.3, 0.4) is 0 Å². The molecule has 0 saturated heterocycles. The Labute approximate surface area is 83.2 Å². The molecule has 0 amide bonds. The predicted molar refractivity (Wildman–Crippen MR) is 51.2 cm³/mol. The summed E-state index contributed by atoms with van der Waals surface area (Å²) in [5.74, 6) is 0.352. The third-order valence-corrected chi connectivity index (χ3v) is 2.61. The highest BCUT2D eigenvalue weighted by molar-refractivity contribution is 7.15. The van der Waals surface area contributed by atoms with Gasteiger partial charge in [-0.05, 0) is 22.0 Å². The molecular formula is C8H6N2O3S. The van der Waals surface area contributed by atoms with E-state index in [0.29, 0.717) is 15.6 Å². The topological polar surface area (TPSA) is 69.2 Å². The second-order valence-electron chi connectivity index (χ2n) is 2.62. The SMILES string of the molecule is Cc1nc([N+](=O)[O-])c(-c2ccco2)s1. The summed E-state index contributed by atoms with van der Waals surface area (Å²) in [5.41, 5.74) is 0. The Bertz CT molecular complexity index is 461. The Balaban J connectivity index is 2.58. The van der Waals surface area contributed by atoms with Crippen molar-refractivity contribution in [1.29, 1.82) is 0 Å². The molecule has 0 aromatic carbocycles. The third kappa shape index (κ3) is 1.39.